The third-order valence-electron chi connectivity index (χ3n) is 4.85. The molecular weight excluding hydrogens is 429 g/mol. The Morgan fingerprint density at radius 1 is 1.00 bits per heavy atom. The van der Waals surface area contributed by atoms with E-state index in [0.29, 0.717) is 34.0 Å². The smallest absolute Gasteiger partial charge is 0.240 e. The van der Waals surface area contributed by atoms with E-state index >= 15 is 0 Å². The summed E-state index contributed by atoms with van der Waals surface area (Å²) in [4.78, 5) is 4.43. The Labute approximate surface area is 187 Å². The zero-order valence-corrected chi connectivity index (χ0v) is 18.1. The highest BCUT2D eigenvalue weighted by molar-refractivity contribution is 7.99. The molecule has 0 fully saturated rings. The van der Waals surface area contributed by atoms with Crippen molar-refractivity contribution in [2.24, 2.45) is 0 Å². The van der Waals surface area contributed by atoms with Gasteiger partial charge in [-0.25, -0.2) is 4.39 Å². The SMILES string of the molecule is Cc1ccc(-n2c(S[C@H](C)c3nc(-c4ccco4)no3)nnc2-c2ccccc2F)cc1. The normalized spacial score (nSPS) is 12.2. The van der Waals surface area contributed by atoms with Crippen LogP contribution in [0.3, 0.4) is 0 Å². The molecule has 0 spiro atoms. The Hall–Kier alpha value is -3.72. The van der Waals surface area contributed by atoms with E-state index in [9.17, 15) is 4.39 Å². The molecule has 0 radical (unpaired) electrons. The molecule has 0 aliphatic rings. The molecule has 3 aromatic heterocycles. The first-order chi connectivity index (χ1) is 15.6. The molecule has 0 saturated heterocycles. The molecule has 0 amide bonds. The molecule has 0 aliphatic heterocycles. The molecule has 0 unspecified atom stereocenters. The van der Waals surface area contributed by atoms with Crippen LogP contribution in [0.15, 0.2) is 81.0 Å². The number of halogens is 1. The highest BCUT2D eigenvalue weighted by Gasteiger charge is 2.24. The van der Waals surface area contributed by atoms with Gasteiger partial charge in [0.15, 0.2) is 16.7 Å². The van der Waals surface area contributed by atoms with Gasteiger partial charge in [0.25, 0.3) is 0 Å². The molecule has 0 aliphatic carbocycles. The van der Waals surface area contributed by atoms with Gasteiger partial charge in [0.2, 0.25) is 11.7 Å². The van der Waals surface area contributed by atoms with E-state index in [1.165, 1.54) is 17.8 Å². The van der Waals surface area contributed by atoms with E-state index in [1.807, 2.05) is 42.7 Å². The van der Waals surface area contributed by atoms with Gasteiger partial charge in [-0.05, 0) is 50.2 Å². The predicted molar refractivity (Wildman–Crippen MR) is 118 cm³/mol. The minimum Gasteiger partial charge on any atom is -0.461 e. The molecule has 160 valence electrons. The van der Waals surface area contributed by atoms with Crippen molar-refractivity contribution < 1.29 is 13.3 Å². The van der Waals surface area contributed by atoms with Gasteiger partial charge in [-0.3, -0.25) is 4.57 Å². The summed E-state index contributed by atoms with van der Waals surface area (Å²) in [6.45, 7) is 3.94. The Bertz CT molecular complexity index is 1350. The average molecular weight is 447 g/mol. The first-order valence-corrected chi connectivity index (χ1v) is 10.8. The van der Waals surface area contributed by atoms with E-state index in [0.717, 1.165) is 11.3 Å². The fourth-order valence-corrected chi connectivity index (χ4v) is 4.10. The van der Waals surface area contributed by atoms with Crippen molar-refractivity contribution in [3.05, 3.63) is 84.2 Å². The van der Waals surface area contributed by atoms with Crippen LogP contribution >= 0.6 is 11.8 Å². The van der Waals surface area contributed by atoms with Crippen molar-refractivity contribution in [1.29, 1.82) is 0 Å². The van der Waals surface area contributed by atoms with Crippen LogP contribution < -0.4 is 0 Å². The summed E-state index contributed by atoms with van der Waals surface area (Å²) in [7, 11) is 0. The molecule has 5 aromatic rings. The average Bonchev–Trinajstić information content (AvgIpc) is 3.55. The lowest BCUT2D eigenvalue weighted by Gasteiger charge is -2.12. The molecule has 32 heavy (non-hydrogen) atoms. The summed E-state index contributed by atoms with van der Waals surface area (Å²) in [5.41, 5.74) is 2.32. The van der Waals surface area contributed by atoms with Crippen molar-refractivity contribution in [2.75, 3.05) is 0 Å². The number of benzene rings is 2. The largest absolute Gasteiger partial charge is 0.461 e. The van der Waals surface area contributed by atoms with E-state index in [4.69, 9.17) is 8.94 Å². The second kappa shape index (κ2) is 8.43. The third-order valence-corrected chi connectivity index (χ3v) is 5.88. The molecule has 7 nitrogen and oxygen atoms in total. The summed E-state index contributed by atoms with van der Waals surface area (Å²) in [6, 6.07) is 17.9. The number of hydrogen-bond acceptors (Lipinski definition) is 7. The lowest BCUT2D eigenvalue weighted by atomic mass is 10.2. The highest BCUT2D eigenvalue weighted by atomic mass is 32.2. The first kappa shape index (κ1) is 20.2. The summed E-state index contributed by atoms with van der Waals surface area (Å²) in [5, 5.41) is 13.0. The van der Waals surface area contributed by atoms with Crippen LogP contribution in [-0.2, 0) is 0 Å². The van der Waals surface area contributed by atoms with Crippen molar-refractivity contribution in [3.8, 4) is 28.7 Å². The summed E-state index contributed by atoms with van der Waals surface area (Å²) in [5.74, 6) is 1.39. The molecule has 1 atom stereocenters. The topological polar surface area (TPSA) is 82.8 Å². The Kier molecular flexibility index (Phi) is 5.32. The standard InChI is InChI=1S/C23H18FN5O2S/c1-14-9-11-16(12-10-14)29-21(17-6-3-4-7-18(17)24)26-27-23(29)32-15(2)22-25-20(28-31-22)19-8-5-13-30-19/h3-13,15H,1-2H3/t15-/m1/s1. The number of aryl methyl sites for hydroxylation is 1. The van der Waals surface area contributed by atoms with E-state index in [-0.39, 0.29) is 11.1 Å². The van der Waals surface area contributed by atoms with Crippen LogP contribution in [0.4, 0.5) is 4.39 Å². The molecule has 0 saturated carbocycles. The maximum absolute atomic E-state index is 14.6. The minimum absolute atomic E-state index is 0.229. The van der Waals surface area contributed by atoms with Gasteiger partial charge in [-0.2, -0.15) is 4.98 Å². The van der Waals surface area contributed by atoms with Crippen molar-refractivity contribution >= 4 is 11.8 Å². The maximum atomic E-state index is 14.6. The van der Waals surface area contributed by atoms with E-state index in [2.05, 4.69) is 20.3 Å². The van der Waals surface area contributed by atoms with Gasteiger partial charge >= 0.3 is 0 Å². The number of furan rings is 1. The van der Waals surface area contributed by atoms with Gasteiger partial charge in [0.1, 0.15) is 5.82 Å². The molecule has 9 heteroatoms. The fraction of sp³-hybridized carbons (Fsp3) is 0.130. The third kappa shape index (κ3) is 3.82. The lowest BCUT2D eigenvalue weighted by Crippen LogP contribution is -2.02. The molecule has 3 heterocycles. The number of aromatic nitrogens is 5. The van der Waals surface area contributed by atoms with Gasteiger partial charge < -0.3 is 8.94 Å². The monoisotopic (exact) mass is 447 g/mol. The van der Waals surface area contributed by atoms with E-state index in [1.54, 1.807) is 36.6 Å². The summed E-state index contributed by atoms with van der Waals surface area (Å²) in [6.07, 6.45) is 1.55. The fourth-order valence-electron chi connectivity index (χ4n) is 3.20. The zero-order chi connectivity index (χ0) is 22.1. The second-order valence-electron chi connectivity index (χ2n) is 7.15. The number of rotatable bonds is 6. The van der Waals surface area contributed by atoms with Gasteiger partial charge in [0.05, 0.1) is 17.1 Å². The van der Waals surface area contributed by atoms with Crippen LogP contribution in [0, 0.1) is 12.7 Å². The molecular formula is C23H18FN5O2S. The number of hydrogen-bond donors (Lipinski definition) is 0. The van der Waals surface area contributed by atoms with Crippen LogP contribution in [0.1, 0.15) is 23.6 Å². The molecule has 0 bridgehead atoms. The van der Waals surface area contributed by atoms with Gasteiger partial charge in [-0.1, -0.05) is 46.7 Å². The minimum atomic E-state index is -0.363. The van der Waals surface area contributed by atoms with Gasteiger partial charge in [0, 0.05) is 5.69 Å². The van der Waals surface area contributed by atoms with Crippen molar-refractivity contribution in [2.45, 2.75) is 24.3 Å². The number of thioether (sulfide) groups is 1. The Morgan fingerprint density at radius 2 is 1.81 bits per heavy atom. The lowest BCUT2D eigenvalue weighted by molar-refractivity contribution is 0.379. The predicted octanol–water partition coefficient (Wildman–Crippen LogP) is 5.88. The first-order valence-electron chi connectivity index (χ1n) is 9.91. The molecule has 5 rings (SSSR count). The van der Waals surface area contributed by atoms with Crippen LogP contribution in [0.2, 0.25) is 0 Å². The highest BCUT2D eigenvalue weighted by Crippen LogP contribution is 2.37. The van der Waals surface area contributed by atoms with Crippen LogP contribution in [0.5, 0.6) is 0 Å². The molecule has 2 aromatic carbocycles. The Morgan fingerprint density at radius 3 is 2.56 bits per heavy atom. The van der Waals surface area contributed by atoms with Crippen LogP contribution in [-0.4, -0.2) is 24.9 Å². The Balaban J connectivity index is 1.52. The van der Waals surface area contributed by atoms with Gasteiger partial charge in [-0.15, -0.1) is 10.2 Å². The van der Waals surface area contributed by atoms with Crippen molar-refractivity contribution in [1.82, 2.24) is 24.9 Å². The molecule has 0 N–H and O–H groups in total. The second-order valence-corrected chi connectivity index (χ2v) is 8.46. The quantitative estimate of drug-likeness (QED) is 0.301. The van der Waals surface area contributed by atoms with Crippen LogP contribution in [0.25, 0.3) is 28.7 Å². The zero-order valence-electron chi connectivity index (χ0n) is 17.3. The van der Waals surface area contributed by atoms with Crippen molar-refractivity contribution in [3.63, 3.8) is 0 Å². The summed E-state index contributed by atoms with van der Waals surface area (Å²) < 4.78 is 27.2. The number of nitrogens with zero attached hydrogens (tertiary/aromatic N) is 5. The summed E-state index contributed by atoms with van der Waals surface area (Å²) >= 11 is 1.39. The maximum Gasteiger partial charge on any atom is 0.240 e. The van der Waals surface area contributed by atoms with E-state index < -0.39 is 0 Å².